The molecule has 1 aliphatic heterocycles. The van der Waals surface area contributed by atoms with Crippen molar-refractivity contribution in [1.82, 2.24) is 5.32 Å². The summed E-state index contributed by atoms with van der Waals surface area (Å²) < 4.78 is 0. The van der Waals surface area contributed by atoms with E-state index in [9.17, 15) is 14.4 Å². The monoisotopic (exact) mass is 365 g/mol. The van der Waals surface area contributed by atoms with Crippen LogP contribution in [0.25, 0.3) is 0 Å². The molecule has 1 aliphatic rings. The van der Waals surface area contributed by atoms with E-state index in [0.29, 0.717) is 16.9 Å². The van der Waals surface area contributed by atoms with Crippen LogP contribution in [0.1, 0.15) is 16.8 Å². The molecule has 0 unspecified atom stereocenters. The lowest BCUT2D eigenvalue weighted by atomic mass is 10.1. The minimum atomic E-state index is -0.748. The van der Waals surface area contributed by atoms with Crippen LogP contribution in [0.2, 0.25) is 0 Å². The van der Waals surface area contributed by atoms with Crippen LogP contribution in [0.15, 0.2) is 59.7 Å². The Kier molecular flexibility index (Phi) is 5.16. The summed E-state index contributed by atoms with van der Waals surface area (Å²) in [5, 5.41) is 10.9. The molecule has 0 saturated heterocycles. The molecule has 3 rings (SSSR count). The highest BCUT2D eigenvalue weighted by Gasteiger charge is 2.35. The highest BCUT2D eigenvalue weighted by atomic mass is 16.2. The molecule has 8 nitrogen and oxygen atoms in total. The quantitative estimate of drug-likeness (QED) is 0.735. The van der Waals surface area contributed by atoms with E-state index in [-0.39, 0.29) is 18.0 Å². The summed E-state index contributed by atoms with van der Waals surface area (Å²) >= 11 is 0. The van der Waals surface area contributed by atoms with Crippen molar-refractivity contribution in [3.63, 3.8) is 0 Å². The molecule has 0 aromatic heterocycles. The van der Waals surface area contributed by atoms with Crippen molar-refractivity contribution in [2.45, 2.75) is 12.5 Å². The third-order valence-electron chi connectivity index (χ3n) is 4.17. The van der Waals surface area contributed by atoms with Crippen LogP contribution in [0.3, 0.4) is 0 Å². The Morgan fingerprint density at radius 1 is 1.04 bits per heavy atom. The van der Waals surface area contributed by atoms with Gasteiger partial charge in [-0.15, -0.1) is 0 Å². The summed E-state index contributed by atoms with van der Waals surface area (Å²) in [4.78, 5) is 36.4. The lowest BCUT2D eigenvalue weighted by molar-refractivity contribution is -0.119. The first-order chi connectivity index (χ1) is 13.0. The predicted molar refractivity (Wildman–Crippen MR) is 102 cm³/mol. The predicted octanol–water partition coefficient (Wildman–Crippen LogP) is 1.10. The number of nitrogens with one attached hydrogen (secondary N) is 2. The number of amides is 3. The van der Waals surface area contributed by atoms with Gasteiger partial charge in [0.15, 0.2) is 0 Å². The maximum absolute atomic E-state index is 12.7. The second kappa shape index (κ2) is 7.69. The number of anilines is 2. The molecule has 0 bridgehead atoms. The van der Waals surface area contributed by atoms with Crippen LogP contribution in [0.5, 0.6) is 0 Å². The number of benzene rings is 2. The number of nitrogens with zero attached hydrogens (tertiary/aromatic N) is 2. The maximum Gasteiger partial charge on any atom is 0.271 e. The fourth-order valence-electron chi connectivity index (χ4n) is 2.81. The van der Waals surface area contributed by atoms with Gasteiger partial charge in [-0.1, -0.05) is 30.3 Å². The van der Waals surface area contributed by atoms with Crippen LogP contribution in [0, 0.1) is 0 Å². The van der Waals surface area contributed by atoms with Gasteiger partial charge < -0.3 is 16.4 Å². The lowest BCUT2D eigenvalue weighted by Gasteiger charge is -2.20. The van der Waals surface area contributed by atoms with E-state index in [0.717, 1.165) is 0 Å². The molecule has 0 radical (unpaired) electrons. The maximum atomic E-state index is 12.7. The Balaban J connectivity index is 1.85. The second-order valence-corrected chi connectivity index (χ2v) is 5.93. The van der Waals surface area contributed by atoms with Crippen molar-refractivity contribution in [3.8, 4) is 0 Å². The first-order valence-corrected chi connectivity index (χ1v) is 8.34. The Morgan fingerprint density at radius 3 is 2.37 bits per heavy atom. The van der Waals surface area contributed by atoms with Crippen LogP contribution in [-0.4, -0.2) is 36.5 Å². The third-order valence-corrected chi connectivity index (χ3v) is 4.17. The van der Waals surface area contributed by atoms with Gasteiger partial charge in [0.2, 0.25) is 5.91 Å². The average Bonchev–Trinajstić information content (AvgIpc) is 3.14. The summed E-state index contributed by atoms with van der Waals surface area (Å²) in [7, 11) is 1.51. The summed E-state index contributed by atoms with van der Waals surface area (Å²) in [6, 6.07) is 14.9. The smallest absolute Gasteiger partial charge is 0.271 e. The second-order valence-electron chi connectivity index (χ2n) is 5.93. The number of para-hydroxylation sites is 2. The zero-order chi connectivity index (χ0) is 19.4. The van der Waals surface area contributed by atoms with E-state index < -0.39 is 17.9 Å². The van der Waals surface area contributed by atoms with E-state index in [1.165, 1.54) is 12.1 Å². The number of primary amides is 1. The molecule has 1 atom stereocenters. The molecule has 138 valence electrons. The summed E-state index contributed by atoms with van der Waals surface area (Å²) in [5.41, 5.74) is 7.00. The number of carbonyl (C=O) groups excluding carboxylic acids is 3. The molecule has 2 aromatic rings. The number of rotatable bonds is 5. The summed E-state index contributed by atoms with van der Waals surface area (Å²) in [6.45, 7) is 0. The first-order valence-electron chi connectivity index (χ1n) is 8.34. The van der Waals surface area contributed by atoms with Gasteiger partial charge in [0.1, 0.15) is 11.8 Å². The van der Waals surface area contributed by atoms with Crippen molar-refractivity contribution in [2.24, 2.45) is 10.8 Å². The fraction of sp³-hybridized carbons (Fsp3) is 0.158. The highest BCUT2D eigenvalue weighted by molar-refractivity contribution is 6.44. The number of carbonyl (C=O) groups is 3. The molecule has 8 heteroatoms. The summed E-state index contributed by atoms with van der Waals surface area (Å²) in [6.07, 6.45) is 0.0815. The van der Waals surface area contributed by atoms with E-state index in [1.54, 1.807) is 48.5 Å². The minimum Gasteiger partial charge on any atom is -0.368 e. The standard InChI is InChI=1S/C19H19N5O3/c1-21-18(26)13-9-5-6-10-14(13)22-19(27)15-11-16(17(20)25)24(23-15)12-7-3-2-4-8-12/h2-10,16H,11H2,1H3,(H2,20,25)(H,21,26)(H,22,27)/t16-/m1/s1. The molecular formula is C19H19N5O3. The SMILES string of the molecule is CNC(=O)c1ccccc1NC(=O)C1=NN(c2ccccc2)[C@@H](C(N)=O)C1. The van der Waals surface area contributed by atoms with Crippen LogP contribution >= 0.6 is 0 Å². The molecule has 0 spiro atoms. The number of nitrogens with two attached hydrogens (primary N) is 1. The van der Waals surface area contributed by atoms with Crippen molar-refractivity contribution in [3.05, 3.63) is 60.2 Å². The Labute approximate surface area is 156 Å². The van der Waals surface area contributed by atoms with Crippen LogP contribution < -0.4 is 21.4 Å². The normalized spacial score (nSPS) is 15.8. The Hall–Kier alpha value is -3.68. The molecule has 3 amide bonds. The van der Waals surface area contributed by atoms with Gasteiger partial charge in [-0.05, 0) is 24.3 Å². The van der Waals surface area contributed by atoms with Gasteiger partial charge in [0, 0.05) is 13.5 Å². The van der Waals surface area contributed by atoms with Gasteiger partial charge in [-0.3, -0.25) is 19.4 Å². The van der Waals surface area contributed by atoms with Gasteiger partial charge in [0.25, 0.3) is 11.8 Å². The Bertz CT molecular complexity index is 911. The number of hydrogen-bond acceptors (Lipinski definition) is 5. The van der Waals surface area contributed by atoms with Crippen molar-refractivity contribution < 1.29 is 14.4 Å². The van der Waals surface area contributed by atoms with E-state index in [1.807, 2.05) is 6.07 Å². The van der Waals surface area contributed by atoms with E-state index in [2.05, 4.69) is 15.7 Å². The zero-order valence-electron chi connectivity index (χ0n) is 14.7. The minimum absolute atomic E-state index is 0.0815. The largest absolute Gasteiger partial charge is 0.368 e. The average molecular weight is 365 g/mol. The van der Waals surface area contributed by atoms with Crippen LogP contribution in [0.4, 0.5) is 11.4 Å². The zero-order valence-corrected chi connectivity index (χ0v) is 14.7. The van der Waals surface area contributed by atoms with E-state index in [4.69, 9.17) is 5.73 Å². The Morgan fingerprint density at radius 2 is 1.70 bits per heavy atom. The number of hydrogen-bond donors (Lipinski definition) is 3. The van der Waals surface area contributed by atoms with Gasteiger partial charge in [0.05, 0.1) is 16.9 Å². The van der Waals surface area contributed by atoms with Gasteiger partial charge in [-0.25, -0.2) is 0 Å². The highest BCUT2D eigenvalue weighted by Crippen LogP contribution is 2.25. The van der Waals surface area contributed by atoms with Crippen molar-refractivity contribution >= 4 is 34.8 Å². The molecule has 0 aliphatic carbocycles. The third kappa shape index (κ3) is 3.79. The molecule has 27 heavy (non-hydrogen) atoms. The van der Waals surface area contributed by atoms with Crippen LogP contribution in [-0.2, 0) is 9.59 Å². The van der Waals surface area contributed by atoms with E-state index >= 15 is 0 Å². The topological polar surface area (TPSA) is 117 Å². The molecule has 1 heterocycles. The molecule has 0 fully saturated rings. The van der Waals surface area contributed by atoms with Crippen molar-refractivity contribution in [2.75, 3.05) is 17.4 Å². The lowest BCUT2D eigenvalue weighted by Crippen LogP contribution is -2.39. The fourth-order valence-corrected chi connectivity index (χ4v) is 2.81. The molecule has 2 aromatic carbocycles. The van der Waals surface area contributed by atoms with Crippen molar-refractivity contribution in [1.29, 1.82) is 0 Å². The molecule has 0 saturated carbocycles. The number of hydrazone groups is 1. The summed E-state index contributed by atoms with van der Waals surface area (Å²) in [5.74, 6) is -1.38. The molecular weight excluding hydrogens is 346 g/mol. The molecule has 4 N–H and O–H groups in total. The van der Waals surface area contributed by atoms with Gasteiger partial charge in [-0.2, -0.15) is 5.10 Å². The first kappa shape index (κ1) is 18.1. The van der Waals surface area contributed by atoms with Gasteiger partial charge >= 0.3 is 0 Å².